The smallest absolute Gasteiger partial charge is 0.243 e. The van der Waals surface area contributed by atoms with Gasteiger partial charge in [-0.05, 0) is 36.4 Å². The van der Waals surface area contributed by atoms with Gasteiger partial charge in [0.05, 0.1) is 34.9 Å². The Morgan fingerprint density at radius 3 is 2.38 bits per heavy atom. The van der Waals surface area contributed by atoms with E-state index in [4.69, 9.17) is 27.9 Å². The fourth-order valence-electron chi connectivity index (χ4n) is 2.66. The molecule has 0 fully saturated rings. The van der Waals surface area contributed by atoms with Crippen molar-refractivity contribution in [2.75, 3.05) is 37.4 Å². The second-order valence-corrected chi connectivity index (χ2v) is 8.76. The molecule has 0 saturated heterocycles. The van der Waals surface area contributed by atoms with Gasteiger partial charge in [-0.3, -0.25) is 4.79 Å². The van der Waals surface area contributed by atoms with Crippen molar-refractivity contribution in [2.45, 2.75) is 18.7 Å². The minimum atomic E-state index is -3.67. The van der Waals surface area contributed by atoms with Crippen molar-refractivity contribution >= 4 is 50.5 Å². The number of benzene rings is 2. The van der Waals surface area contributed by atoms with E-state index in [2.05, 4.69) is 10.6 Å². The van der Waals surface area contributed by atoms with E-state index in [1.54, 1.807) is 32.0 Å². The average molecular weight is 460 g/mol. The lowest BCUT2D eigenvalue weighted by atomic mass is 10.3. The minimum absolute atomic E-state index is 0.0724. The zero-order valence-electron chi connectivity index (χ0n) is 16.3. The fraction of sp³-hybridized carbons (Fsp3) is 0.316. The number of sulfonamides is 1. The van der Waals surface area contributed by atoms with Gasteiger partial charge in [-0.1, -0.05) is 37.0 Å². The second-order valence-electron chi connectivity index (χ2n) is 5.98. The molecule has 0 aliphatic rings. The van der Waals surface area contributed by atoms with Crippen molar-refractivity contribution < 1.29 is 17.9 Å². The van der Waals surface area contributed by atoms with Crippen LogP contribution < -0.4 is 15.4 Å². The van der Waals surface area contributed by atoms with E-state index in [1.165, 1.54) is 29.6 Å². The van der Waals surface area contributed by atoms with Gasteiger partial charge in [0.1, 0.15) is 5.75 Å². The van der Waals surface area contributed by atoms with Crippen molar-refractivity contribution in [1.29, 1.82) is 0 Å². The van der Waals surface area contributed by atoms with Crippen LogP contribution in [0, 0.1) is 0 Å². The van der Waals surface area contributed by atoms with Gasteiger partial charge in [-0.2, -0.15) is 4.31 Å². The number of halogens is 2. The Kier molecular flexibility index (Phi) is 8.15. The van der Waals surface area contributed by atoms with Crippen molar-refractivity contribution in [3.63, 3.8) is 0 Å². The molecule has 158 valence electrons. The normalized spacial score (nSPS) is 11.4. The van der Waals surface area contributed by atoms with Gasteiger partial charge in [0.25, 0.3) is 0 Å². The molecular formula is C19H23Cl2N3O4S. The topological polar surface area (TPSA) is 87.7 Å². The molecule has 0 bridgehead atoms. The summed E-state index contributed by atoms with van der Waals surface area (Å²) in [5, 5.41) is 6.47. The number of carbonyl (C=O) groups is 1. The number of anilines is 2. The molecule has 7 nitrogen and oxygen atoms in total. The predicted molar refractivity (Wildman–Crippen MR) is 117 cm³/mol. The third kappa shape index (κ3) is 5.76. The summed E-state index contributed by atoms with van der Waals surface area (Å²) in [6.07, 6.45) is 0. The molecule has 0 heterocycles. The molecule has 2 aromatic rings. The lowest BCUT2D eigenvalue weighted by molar-refractivity contribution is -0.114. The van der Waals surface area contributed by atoms with Crippen LogP contribution in [0.15, 0.2) is 41.3 Å². The van der Waals surface area contributed by atoms with Crippen LogP contribution in [-0.2, 0) is 14.8 Å². The predicted octanol–water partition coefficient (Wildman–Crippen LogP) is 4.08. The Morgan fingerprint density at radius 1 is 1.07 bits per heavy atom. The van der Waals surface area contributed by atoms with Gasteiger partial charge in [-0.15, -0.1) is 0 Å². The molecule has 0 unspecified atom stereocenters. The number of hydrogen-bond acceptors (Lipinski definition) is 5. The fourth-order valence-corrected chi connectivity index (χ4v) is 4.50. The second kappa shape index (κ2) is 10.2. The number of rotatable bonds is 9. The molecule has 0 radical (unpaired) electrons. The molecule has 2 N–H and O–H groups in total. The number of nitrogens with zero attached hydrogens (tertiary/aromatic N) is 1. The zero-order chi connectivity index (χ0) is 21.6. The van der Waals surface area contributed by atoms with E-state index in [9.17, 15) is 13.2 Å². The number of ether oxygens (including phenoxy) is 1. The highest BCUT2D eigenvalue weighted by Crippen LogP contribution is 2.29. The first-order chi connectivity index (χ1) is 13.7. The van der Waals surface area contributed by atoms with Gasteiger partial charge in [0, 0.05) is 18.1 Å². The molecule has 10 heteroatoms. The maximum Gasteiger partial charge on any atom is 0.243 e. The molecule has 2 rings (SSSR count). The Labute approximate surface area is 181 Å². The highest BCUT2D eigenvalue weighted by Gasteiger charge is 2.23. The quantitative estimate of drug-likeness (QED) is 0.589. The summed E-state index contributed by atoms with van der Waals surface area (Å²) in [6.45, 7) is 4.11. The van der Waals surface area contributed by atoms with Crippen LogP contribution in [0.2, 0.25) is 10.0 Å². The van der Waals surface area contributed by atoms with E-state index >= 15 is 0 Å². The molecule has 2 aromatic carbocycles. The van der Waals surface area contributed by atoms with E-state index in [0.29, 0.717) is 34.6 Å². The largest absolute Gasteiger partial charge is 0.495 e. The Bertz CT molecular complexity index is 979. The molecule has 0 saturated carbocycles. The first-order valence-corrected chi connectivity index (χ1v) is 11.1. The van der Waals surface area contributed by atoms with E-state index in [-0.39, 0.29) is 17.1 Å². The molecule has 0 atom stereocenters. The maximum atomic E-state index is 12.7. The van der Waals surface area contributed by atoms with Crippen LogP contribution in [0.3, 0.4) is 0 Å². The van der Waals surface area contributed by atoms with Crippen LogP contribution in [-0.4, -0.2) is 45.4 Å². The molecule has 1 amide bonds. The molecule has 0 aliphatic carbocycles. The SMILES string of the molecule is CCN(CC)S(=O)(=O)c1ccc(OC)c(NC(=O)CNc2cc(Cl)ccc2Cl)c1. The van der Waals surface area contributed by atoms with Gasteiger partial charge in [0.15, 0.2) is 0 Å². The Balaban J connectivity index is 2.20. The van der Waals surface area contributed by atoms with Crippen molar-refractivity contribution in [3.8, 4) is 5.75 Å². The van der Waals surface area contributed by atoms with Crippen LogP contribution in [0.5, 0.6) is 5.75 Å². The number of nitrogens with one attached hydrogen (secondary N) is 2. The molecule has 0 spiro atoms. The van der Waals surface area contributed by atoms with E-state index < -0.39 is 15.9 Å². The third-order valence-corrected chi connectivity index (χ3v) is 6.77. The van der Waals surface area contributed by atoms with Crippen LogP contribution in [0.25, 0.3) is 0 Å². The van der Waals surface area contributed by atoms with Crippen LogP contribution in [0.4, 0.5) is 11.4 Å². The Hall–Kier alpha value is -2.00. The van der Waals surface area contributed by atoms with Gasteiger partial charge in [0.2, 0.25) is 15.9 Å². The average Bonchev–Trinajstić information content (AvgIpc) is 2.69. The minimum Gasteiger partial charge on any atom is -0.495 e. The number of amides is 1. The molecule has 29 heavy (non-hydrogen) atoms. The summed E-state index contributed by atoms with van der Waals surface area (Å²) < 4.78 is 32.1. The van der Waals surface area contributed by atoms with E-state index in [1.807, 2.05) is 0 Å². The maximum absolute atomic E-state index is 12.7. The van der Waals surface area contributed by atoms with Crippen LogP contribution in [0.1, 0.15) is 13.8 Å². The summed E-state index contributed by atoms with van der Waals surface area (Å²) in [5.74, 6) is -0.0608. The summed E-state index contributed by atoms with van der Waals surface area (Å²) in [5.41, 5.74) is 0.767. The van der Waals surface area contributed by atoms with Gasteiger partial charge in [-0.25, -0.2) is 8.42 Å². The van der Waals surface area contributed by atoms with Crippen LogP contribution >= 0.6 is 23.2 Å². The highest BCUT2D eigenvalue weighted by molar-refractivity contribution is 7.89. The number of hydrogen-bond donors (Lipinski definition) is 2. The molecular weight excluding hydrogens is 437 g/mol. The summed E-state index contributed by atoms with van der Waals surface area (Å²) >= 11 is 12.0. The summed E-state index contributed by atoms with van der Waals surface area (Å²) in [7, 11) is -2.23. The molecule has 0 aromatic heterocycles. The van der Waals surface area contributed by atoms with Gasteiger partial charge < -0.3 is 15.4 Å². The molecule has 0 aliphatic heterocycles. The number of methoxy groups -OCH3 is 1. The Morgan fingerprint density at radius 2 is 1.76 bits per heavy atom. The summed E-state index contributed by atoms with van der Waals surface area (Å²) in [6, 6.07) is 9.21. The zero-order valence-corrected chi connectivity index (χ0v) is 18.7. The first-order valence-electron chi connectivity index (χ1n) is 8.89. The summed E-state index contributed by atoms with van der Waals surface area (Å²) in [4.78, 5) is 12.5. The van der Waals surface area contributed by atoms with Crippen molar-refractivity contribution in [3.05, 3.63) is 46.4 Å². The van der Waals surface area contributed by atoms with Crippen molar-refractivity contribution in [2.24, 2.45) is 0 Å². The third-order valence-electron chi connectivity index (χ3n) is 4.16. The first kappa shape index (κ1) is 23.3. The lowest BCUT2D eigenvalue weighted by Gasteiger charge is -2.19. The standard InChI is InChI=1S/C19H23Cl2N3O4S/c1-4-24(5-2)29(26,27)14-7-9-18(28-3)17(11-14)23-19(25)12-22-16-10-13(20)6-8-15(16)21/h6-11,22H,4-5,12H2,1-3H3,(H,23,25). The highest BCUT2D eigenvalue weighted by atomic mass is 35.5. The van der Waals surface area contributed by atoms with Gasteiger partial charge >= 0.3 is 0 Å². The van der Waals surface area contributed by atoms with Crippen molar-refractivity contribution in [1.82, 2.24) is 4.31 Å². The number of carbonyl (C=O) groups excluding carboxylic acids is 1. The van der Waals surface area contributed by atoms with E-state index in [0.717, 1.165) is 0 Å². The monoisotopic (exact) mass is 459 g/mol. The lowest BCUT2D eigenvalue weighted by Crippen LogP contribution is -2.30.